The fourth-order valence-corrected chi connectivity index (χ4v) is 2.70. The molecule has 0 radical (unpaired) electrons. The van der Waals surface area contributed by atoms with Crippen LogP contribution in [0.25, 0.3) is 17.1 Å². The van der Waals surface area contributed by atoms with Crippen molar-refractivity contribution in [1.29, 1.82) is 0 Å². The molecule has 2 aromatic carbocycles. The van der Waals surface area contributed by atoms with E-state index < -0.39 is 10.8 Å². The fourth-order valence-electron chi connectivity index (χ4n) is 2.70. The Morgan fingerprint density at radius 2 is 2.00 bits per heavy atom. The molecule has 0 unspecified atom stereocenters. The second-order valence-electron chi connectivity index (χ2n) is 6.09. The number of nitrogen functional groups attached to an aromatic ring is 1. The highest BCUT2D eigenvalue weighted by atomic mass is 16.6. The molecule has 3 N–H and O–H groups in total. The van der Waals surface area contributed by atoms with Crippen molar-refractivity contribution in [3.8, 4) is 17.1 Å². The van der Waals surface area contributed by atoms with Gasteiger partial charge in [-0.2, -0.15) is 9.78 Å². The zero-order valence-electron chi connectivity index (χ0n) is 15.6. The summed E-state index contributed by atoms with van der Waals surface area (Å²) in [6.07, 6.45) is 1.27. The Kier molecular flexibility index (Phi) is 5.13. The van der Waals surface area contributed by atoms with Crippen molar-refractivity contribution in [2.24, 2.45) is 5.10 Å². The minimum Gasteiger partial charge on any atom is -0.378 e. The topological polar surface area (TPSA) is 180 Å². The van der Waals surface area contributed by atoms with Crippen LogP contribution < -0.4 is 11.2 Å². The first-order chi connectivity index (χ1) is 15.0. The fraction of sp³-hybridized carbons (Fsp3) is 0. The number of aromatic nitrogens is 5. The highest BCUT2D eigenvalue weighted by molar-refractivity contribution is 5.99. The zero-order valence-corrected chi connectivity index (χ0v) is 15.6. The molecule has 31 heavy (non-hydrogen) atoms. The molecular weight excluding hydrogens is 406 g/mol. The molecule has 0 bridgehead atoms. The molecule has 4 aromatic rings. The van der Waals surface area contributed by atoms with Crippen LogP contribution in [-0.4, -0.2) is 42.4 Å². The van der Waals surface area contributed by atoms with E-state index in [-0.39, 0.29) is 28.7 Å². The molecule has 154 valence electrons. The molecule has 0 aliphatic carbocycles. The number of carbonyl (C=O) groups excluding carboxylic acids is 1. The lowest BCUT2D eigenvalue weighted by molar-refractivity contribution is -0.384. The van der Waals surface area contributed by atoms with E-state index >= 15 is 0 Å². The Balaban J connectivity index is 1.67. The first-order valence-corrected chi connectivity index (χ1v) is 8.72. The minimum atomic E-state index is -0.673. The summed E-state index contributed by atoms with van der Waals surface area (Å²) < 4.78 is 5.68. The molecule has 0 saturated heterocycles. The summed E-state index contributed by atoms with van der Waals surface area (Å²) in [6.45, 7) is 0. The van der Waals surface area contributed by atoms with Crippen LogP contribution in [0.15, 0.2) is 64.3 Å². The Labute approximate surface area is 173 Å². The van der Waals surface area contributed by atoms with Gasteiger partial charge in [-0.15, -0.1) is 5.10 Å². The third-order valence-electron chi connectivity index (χ3n) is 4.09. The van der Waals surface area contributed by atoms with Gasteiger partial charge >= 0.3 is 0 Å². The number of hydrogen-bond donors (Lipinski definition) is 2. The number of nitro benzene ring substituents is 1. The maximum atomic E-state index is 12.9. The molecule has 13 nitrogen and oxygen atoms in total. The summed E-state index contributed by atoms with van der Waals surface area (Å²) in [5, 5.41) is 29.9. The van der Waals surface area contributed by atoms with Crippen molar-refractivity contribution in [3.05, 3.63) is 76.0 Å². The molecule has 0 aliphatic rings. The van der Waals surface area contributed by atoms with Gasteiger partial charge in [0, 0.05) is 23.3 Å². The number of nitrogens with one attached hydrogen (secondary N) is 1. The second-order valence-corrected chi connectivity index (χ2v) is 6.09. The molecule has 1 amide bonds. The Morgan fingerprint density at radius 1 is 1.19 bits per heavy atom. The highest BCUT2D eigenvalue weighted by Crippen LogP contribution is 2.24. The summed E-state index contributed by atoms with van der Waals surface area (Å²) in [4.78, 5) is 23.3. The molecule has 0 saturated carbocycles. The zero-order chi connectivity index (χ0) is 21.8. The molecular formula is C18H13N9O4. The number of hydrogen-bond acceptors (Lipinski definition) is 10. The van der Waals surface area contributed by atoms with Crippen LogP contribution in [0.4, 0.5) is 11.5 Å². The van der Waals surface area contributed by atoms with E-state index in [0.717, 1.165) is 4.68 Å². The number of rotatable bonds is 6. The number of non-ortho nitro benzene ring substituents is 1. The lowest BCUT2D eigenvalue weighted by atomic mass is 10.1. The maximum absolute atomic E-state index is 12.9. The summed E-state index contributed by atoms with van der Waals surface area (Å²) >= 11 is 0. The predicted molar refractivity (Wildman–Crippen MR) is 107 cm³/mol. The number of carbonyl (C=O) groups is 1. The van der Waals surface area contributed by atoms with Gasteiger partial charge in [-0.3, -0.25) is 14.9 Å². The molecule has 0 fully saturated rings. The normalized spacial score (nSPS) is 11.0. The van der Waals surface area contributed by atoms with Crippen molar-refractivity contribution >= 4 is 23.6 Å². The molecule has 0 aliphatic heterocycles. The van der Waals surface area contributed by atoms with E-state index in [4.69, 9.17) is 5.73 Å². The molecule has 4 rings (SSSR count). The van der Waals surface area contributed by atoms with Crippen molar-refractivity contribution in [2.75, 3.05) is 5.73 Å². The Hall–Kier alpha value is -4.94. The number of benzene rings is 2. The SMILES string of the molecule is Nc1nonc1-n1nnc(-c2ccccc2)c1C(=O)N/N=C/c1cccc([N+](=O)[O-])c1. The Bertz CT molecular complexity index is 1280. The van der Waals surface area contributed by atoms with Crippen molar-refractivity contribution in [3.63, 3.8) is 0 Å². The van der Waals surface area contributed by atoms with E-state index in [1.807, 2.05) is 6.07 Å². The van der Waals surface area contributed by atoms with Gasteiger partial charge in [0.15, 0.2) is 5.69 Å². The first-order valence-electron chi connectivity index (χ1n) is 8.72. The molecule has 2 aromatic heterocycles. The summed E-state index contributed by atoms with van der Waals surface area (Å²) in [5.74, 6) is -0.769. The monoisotopic (exact) mass is 419 g/mol. The van der Waals surface area contributed by atoms with Gasteiger partial charge in [-0.1, -0.05) is 47.7 Å². The first kappa shape index (κ1) is 19.4. The third kappa shape index (κ3) is 3.95. The van der Waals surface area contributed by atoms with Gasteiger partial charge in [0.2, 0.25) is 11.6 Å². The molecule has 2 heterocycles. The van der Waals surface area contributed by atoms with Crippen molar-refractivity contribution < 1.29 is 14.3 Å². The summed E-state index contributed by atoms with van der Waals surface area (Å²) in [5.41, 5.74) is 9.28. The number of nitrogens with zero attached hydrogens (tertiary/aromatic N) is 7. The van der Waals surface area contributed by atoms with E-state index in [0.29, 0.717) is 11.1 Å². The van der Waals surface area contributed by atoms with Gasteiger partial charge in [-0.05, 0) is 10.3 Å². The number of nitrogens with two attached hydrogens (primary N) is 1. The third-order valence-corrected chi connectivity index (χ3v) is 4.09. The van der Waals surface area contributed by atoms with Crippen molar-refractivity contribution in [1.82, 2.24) is 30.7 Å². The summed E-state index contributed by atoms with van der Waals surface area (Å²) in [6, 6.07) is 14.7. The van der Waals surface area contributed by atoms with Gasteiger partial charge < -0.3 is 5.73 Å². The lowest BCUT2D eigenvalue weighted by Gasteiger charge is -2.04. The standard InChI is InChI=1S/C18H13N9O4/c19-16-17(24-31-23-16)26-15(14(21-25-26)12-6-2-1-3-7-12)18(28)22-20-10-11-5-4-8-13(9-11)27(29)30/h1-10H,(H2,19,23)(H,22,28)/b20-10+. The summed E-state index contributed by atoms with van der Waals surface area (Å²) in [7, 11) is 0. The molecule has 13 heteroatoms. The molecule has 0 atom stereocenters. The quantitative estimate of drug-likeness (QED) is 0.266. The van der Waals surface area contributed by atoms with E-state index in [1.54, 1.807) is 30.3 Å². The predicted octanol–water partition coefficient (Wildman–Crippen LogP) is 1.57. The van der Waals surface area contributed by atoms with Gasteiger partial charge in [0.05, 0.1) is 11.1 Å². The number of amides is 1. The minimum absolute atomic E-state index is 0.00945. The number of anilines is 1. The highest BCUT2D eigenvalue weighted by Gasteiger charge is 2.25. The van der Waals surface area contributed by atoms with E-state index in [9.17, 15) is 14.9 Å². The maximum Gasteiger partial charge on any atom is 0.292 e. The second kappa shape index (κ2) is 8.20. The van der Waals surface area contributed by atoms with Gasteiger partial charge in [0.25, 0.3) is 11.6 Å². The number of nitro groups is 1. The van der Waals surface area contributed by atoms with Crippen LogP contribution in [0.2, 0.25) is 0 Å². The van der Waals surface area contributed by atoms with E-state index in [1.165, 1.54) is 24.4 Å². The Morgan fingerprint density at radius 3 is 2.71 bits per heavy atom. The smallest absolute Gasteiger partial charge is 0.292 e. The molecule has 0 spiro atoms. The van der Waals surface area contributed by atoms with Gasteiger partial charge in [-0.25, -0.2) is 10.1 Å². The van der Waals surface area contributed by atoms with E-state index in [2.05, 4.69) is 35.8 Å². The van der Waals surface area contributed by atoms with Crippen molar-refractivity contribution in [2.45, 2.75) is 0 Å². The van der Waals surface area contributed by atoms with Crippen LogP contribution in [0.1, 0.15) is 16.1 Å². The van der Waals surface area contributed by atoms with Crippen LogP contribution in [-0.2, 0) is 0 Å². The van der Waals surface area contributed by atoms with Crippen LogP contribution in [0.3, 0.4) is 0 Å². The number of hydrazone groups is 1. The van der Waals surface area contributed by atoms with Gasteiger partial charge in [0.1, 0.15) is 5.69 Å². The largest absolute Gasteiger partial charge is 0.378 e. The van der Waals surface area contributed by atoms with Crippen LogP contribution in [0.5, 0.6) is 0 Å². The average Bonchev–Trinajstić information content (AvgIpc) is 3.40. The van der Waals surface area contributed by atoms with Crippen LogP contribution >= 0.6 is 0 Å². The van der Waals surface area contributed by atoms with Crippen LogP contribution in [0, 0.1) is 10.1 Å². The average molecular weight is 419 g/mol. The lowest BCUT2D eigenvalue weighted by Crippen LogP contribution is -2.22.